The molecule has 15 heavy (non-hydrogen) atoms. The molecule has 0 spiro atoms. The summed E-state index contributed by atoms with van der Waals surface area (Å²) in [5, 5.41) is 8.92. The molecule has 0 atom stereocenters. The lowest BCUT2D eigenvalue weighted by Crippen LogP contribution is -2.54. The van der Waals surface area contributed by atoms with Crippen LogP contribution in [0.2, 0.25) is 0 Å². The van der Waals surface area contributed by atoms with Crippen LogP contribution in [0.25, 0.3) is 0 Å². The van der Waals surface area contributed by atoms with E-state index in [2.05, 4.69) is 12.2 Å². The molecule has 2 aliphatic rings. The van der Waals surface area contributed by atoms with Gasteiger partial charge in [-0.2, -0.15) is 0 Å². The lowest BCUT2D eigenvalue weighted by molar-refractivity contribution is -0.0303. The molecule has 2 rings (SSSR count). The Morgan fingerprint density at radius 1 is 1.40 bits per heavy atom. The maximum Gasteiger partial charge on any atom is 0.410 e. The standard InChI is InChI=1S/C8H15NO3.C3H4/c1-8(2,3)12-7(11)9-4-6(10)5-9;1-2-3-1/h6,10H,4-5H2,1-3H3;1-2H,3H2. The van der Waals surface area contributed by atoms with Crippen molar-refractivity contribution in [2.75, 3.05) is 13.1 Å². The topological polar surface area (TPSA) is 49.8 Å². The Balaban J connectivity index is 0.000000319. The Morgan fingerprint density at radius 2 is 1.87 bits per heavy atom. The molecule has 1 fully saturated rings. The summed E-state index contributed by atoms with van der Waals surface area (Å²) in [5.41, 5.74) is -0.447. The molecule has 4 nitrogen and oxygen atoms in total. The maximum absolute atomic E-state index is 11.2. The molecule has 1 N–H and O–H groups in total. The van der Waals surface area contributed by atoms with E-state index >= 15 is 0 Å². The molecule has 0 aromatic carbocycles. The number of carbonyl (C=O) groups excluding carboxylic acids is 1. The first-order valence-electron chi connectivity index (χ1n) is 5.19. The average molecular weight is 213 g/mol. The van der Waals surface area contributed by atoms with Gasteiger partial charge < -0.3 is 14.7 Å². The molecule has 0 unspecified atom stereocenters. The minimum Gasteiger partial charge on any atom is -0.444 e. The van der Waals surface area contributed by atoms with Crippen LogP contribution in [0.15, 0.2) is 12.2 Å². The van der Waals surface area contributed by atoms with Crippen LogP contribution in [-0.2, 0) is 4.74 Å². The predicted octanol–water partition coefficient (Wildman–Crippen LogP) is 1.54. The predicted molar refractivity (Wildman–Crippen MR) is 57.6 cm³/mol. The fourth-order valence-corrected chi connectivity index (χ4v) is 0.931. The third-order valence-corrected chi connectivity index (χ3v) is 1.75. The van der Waals surface area contributed by atoms with E-state index in [0.717, 1.165) is 0 Å². The second kappa shape index (κ2) is 4.66. The molecule has 1 saturated heterocycles. The van der Waals surface area contributed by atoms with E-state index in [4.69, 9.17) is 9.84 Å². The van der Waals surface area contributed by atoms with E-state index in [9.17, 15) is 4.79 Å². The summed E-state index contributed by atoms with van der Waals surface area (Å²) in [6.45, 7) is 6.26. The van der Waals surface area contributed by atoms with Crippen molar-refractivity contribution in [3.8, 4) is 0 Å². The van der Waals surface area contributed by atoms with Crippen LogP contribution in [0.3, 0.4) is 0 Å². The van der Waals surface area contributed by atoms with Crippen LogP contribution in [0.5, 0.6) is 0 Å². The molecular weight excluding hydrogens is 194 g/mol. The Labute approximate surface area is 90.5 Å². The van der Waals surface area contributed by atoms with Crippen LogP contribution in [0, 0.1) is 0 Å². The molecule has 1 aliphatic carbocycles. The van der Waals surface area contributed by atoms with Gasteiger partial charge in [0.1, 0.15) is 5.60 Å². The highest BCUT2D eigenvalue weighted by Crippen LogP contribution is 2.14. The molecular formula is C11H19NO3. The fraction of sp³-hybridized carbons (Fsp3) is 0.727. The number of hydrogen-bond acceptors (Lipinski definition) is 3. The summed E-state index contributed by atoms with van der Waals surface area (Å²) >= 11 is 0. The number of aliphatic hydroxyl groups is 1. The first kappa shape index (κ1) is 12.0. The first-order chi connectivity index (χ1) is 6.88. The monoisotopic (exact) mass is 213 g/mol. The van der Waals surface area contributed by atoms with E-state index in [0.29, 0.717) is 13.1 Å². The minimum atomic E-state index is -0.447. The molecule has 1 amide bonds. The summed E-state index contributed by atoms with van der Waals surface area (Å²) in [6.07, 6.45) is 4.80. The molecule has 0 aromatic heterocycles. The number of β-amino-alcohol motifs (C(OH)–C–C–N with tert-alkyl or cyclic N) is 1. The zero-order valence-electron chi connectivity index (χ0n) is 9.56. The second-order valence-corrected chi connectivity index (χ2v) is 4.75. The van der Waals surface area contributed by atoms with E-state index in [1.165, 1.54) is 11.3 Å². The van der Waals surface area contributed by atoms with Crippen molar-refractivity contribution < 1.29 is 14.6 Å². The van der Waals surface area contributed by atoms with Crippen molar-refractivity contribution >= 4 is 6.09 Å². The van der Waals surface area contributed by atoms with Gasteiger partial charge in [0, 0.05) is 0 Å². The highest BCUT2D eigenvalue weighted by Gasteiger charge is 2.31. The number of hydrogen-bond donors (Lipinski definition) is 1. The van der Waals surface area contributed by atoms with E-state index in [-0.39, 0.29) is 12.2 Å². The van der Waals surface area contributed by atoms with Crippen LogP contribution >= 0.6 is 0 Å². The Kier molecular flexibility index (Phi) is 3.74. The molecule has 1 heterocycles. The number of rotatable bonds is 0. The van der Waals surface area contributed by atoms with Gasteiger partial charge in [0.15, 0.2) is 0 Å². The maximum atomic E-state index is 11.2. The average Bonchev–Trinajstić information content (AvgIpc) is 2.79. The number of nitrogens with zero attached hydrogens (tertiary/aromatic N) is 1. The Hall–Kier alpha value is -1.03. The number of amides is 1. The van der Waals surface area contributed by atoms with Crippen molar-refractivity contribution in [3.05, 3.63) is 12.2 Å². The number of aliphatic hydroxyl groups excluding tert-OH is 1. The lowest BCUT2D eigenvalue weighted by Gasteiger charge is -2.36. The van der Waals surface area contributed by atoms with Crippen LogP contribution in [-0.4, -0.2) is 40.9 Å². The van der Waals surface area contributed by atoms with Crippen molar-refractivity contribution in [2.24, 2.45) is 0 Å². The molecule has 86 valence electrons. The van der Waals surface area contributed by atoms with Gasteiger partial charge in [-0.1, -0.05) is 12.2 Å². The van der Waals surface area contributed by atoms with E-state index in [1.807, 2.05) is 20.8 Å². The third-order valence-electron chi connectivity index (χ3n) is 1.75. The molecule has 0 saturated carbocycles. The highest BCUT2D eigenvalue weighted by atomic mass is 16.6. The summed E-state index contributed by atoms with van der Waals surface area (Å²) < 4.78 is 5.07. The summed E-state index contributed by atoms with van der Waals surface area (Å²) in [7, 11) is 0. The zero-order chi connectivity index (χ0) is 11.5. The second-order valence-electron chi connectivity index (χ2n) is 4.75. The zero-order valence-corrected chi connectivity index (χ0v) is 9.56. The number of allylic oxidation sites excluding steroid dienone is 2. The van der Waals surface area contributed by atoms with Crippen molar-refractivity contribution in [1.82, 2.24) is 4.90 Å². The van der Waals surface area contributed by atoms with Gasteiger partial charge in [-0.05, 0) is 27.2 Å². The quantitative estimate of drug-likeness (QED) is 0.621. The van der Waals surface area contributed by atoms with Crippen molar-refractivity contribution in [1.29, 1.82) is 0 Å². The van der Waals surface area contributed by atoms with Gasteiger partial charge >= 0.3 is 6.09 Å². The molecule has 0 aromatic rings. The van der Waals surface area contributed by atoms with E-state index < -0.39 is 5.60 Å². The van der Waals surface area contributed by atoms with Gasteiger partial charge in [-0.15, -0.1) is 0 Å². The SMILES string of the molecule is C1=CC1.CC(C)(C)OC(=O)N1CC(O)C1. The number of likely N-dealkylation sites (tertiary alicyclic amines) is 1. The van der Waals surface area contributed by atoms with Crippen LogP contribution in [0.1, 0.15) is 27.2 Å². The molecule has 1 aliphatic heterocycles. The van der Waals surface area contributed by atoms with Crippen molar-refractivity contribution in [2.45, 2.75) is 38.9 Å². The van der Waals surface area contributed by atoms with Gasteiger partial charge in [0.2, 0.25) is 0 Å². The van der Waals surface area contributed by atoms with Crippen LogP contribution < -0.4 is 0 Å². The van der Waals surface area contributed by atoms with Crippen LogP contribution in [0.4, 0.5) is 4.79 Å². The smallest absolute Gasteiger partial charge is 0.410 e. The normalized spacial score (nSPS) is 18.8. The Morgan fingerprint density at radius 3 is 2.13 bits per heavy atom. The number of carbonyl (C=O) groups is 1. The molecule has 0 bridgehead atoms. The molecule has 0 radical (unpaired) electrons. The summed E-state index contributed by atoms with van der Waals surface area (Å²) in [6, 6.07) is 0. The van der Waals surface area contributed by atoms with Gasteiger partial charge in [0.25, 0.3) is 0 Å². The highest BCUT2D eigenvalue weighted by molar-refractivity contribution is 5.69. The van der Waals surface area contributed by atoms with Crippen molar-refractivity contribution in [3.63, 3.8) is 0 Å². The van der Waals surface area contributed by atoms with E-state index in [1.54, 1.807) is 0 Å². The minimum absolute atomic E-state index is 0.340. The summed E-state index contributed by atoms with van der Waals surface area (Å²) in [4.78, 5) is 12.7. The Bertz CT molecular complexity index is 245. The fourth-order valence-electron chi connectivity index (χ4n) is 0.931. The largest absolute Gasteiger partial charge is 0.444 e. The van der Waals surface area contributed by atoms with Gasteiger partial charge in [-0.3, -0.25) is 0 Å². The van der Waals surface area contributed by atoms with Gasteiger partial charge in [-0.25, -0.2) is 4.79 Å². The van der Waals surface area contributed by atoms with Gasteiger partial charge in [0.05, 0.1) is 19.2 Å². The first-order valence-corrected chi connectivity index (χ1v) is 5.19. The third kappa shape index (κ3) is 5.42. The lowest BCUT2D eigenvalue weighted by atomic mass is 10.2. The number of ether oxygens (including phenoxy) is 1. The molecule has 4 heteroatoms. The summed E-state index contributed by atoms with van der Waals surface area (Å²) in [5.74, 6) is 0.